The Kier molecular flexibility index (Phi) is 2.37. The molecule has 5 nitrogen and oxygen atoms in total. The maximum absolute atomic E-state index is 11.7. The summed E-state index contributed by atoms with van der Waals surface area (Å²) in [5.74, 6) is 0.349. The molecule has 3 aromatic rings. The van der Waals surface area contributed by atoms with Gasteiger partial charge in [-0.1, -0.05) is 30.3 Å². The van der Waals surface area contributed by atoms with Crippen LogP contribution in [0.25, 0.3) is 11.0 Å². The van der Waals surface area contributed by atoms with Gasteiger partial charge in [-0.2, -0.15) is 5.10 Å². The maximum atomic E-state index is 11.7. The highest BCUT2D eigenvalue weighted by Crippen LogP contribution is 2.10. The number of anilines is 1. The number of nitrogen functional groups attached to an aromatic ring is 1. The van der Waals surface area contributed by atoms with E-state index in [4.69, 9.17) is 5.73 Å². The van der Waals surface area contributed by atoms with Crippen molar-refractivity contribution < 1.29 is 0 Å². The van der Waals surface area contributed by atoms with Gasteiger partial charge in [0.05, 0.1) is 18.1 Å². The van der Waals surface area contributed by atoms with E-state index in [0.717, 1.165) is 5.56 Å². The van der Waals surface area contributed by atoms with Gasteiger partial charge in [-0.15, -0.1) is 0 Å². The van der Waals surface area contributed by atoms with Crippen LogP contribution in [0.15, 0.2) is 47.4 Å². The maximum Gasteiger partial charge on any atom is 0.194 e. The lowest BCUT2D eigenvalue weighted by molar-refractivity contribution is 0.704. The van der Waals surface area contributed by atoms with Gasteiger partial charge in [0, 0.05) is 6.07 Å². The van der Waals surface area contributed by atoms with Crippen LogP contribution in [-0.2, 0) is 6.54 Å². The molecule has 2 aromatic heterocycles. The molecule has 90 valence electrons. The number of aromatic nitrogens is 3. The van der Waals surface area contributed by atoms with Gasteiger partial charge >= 0.3 is 0 Å². The SMILES string of the molecule is Nc1cc(=O)c2cnn(Cc3ccccc3)c2[nH]1. The summed E-state index contributed by atoms with van der Waals surface area (Å²) in [5.41, 5.74) is 7.31. The van der Waals surface area contributed by atoms with Crippen LogP contribution in [-0.4, -0.2) is 14.8 Å². The minimum atomic E-state index is -0.111. The fourth-order valence-electron chi connectivity index (χ4n) is 1.97. The highest BCUT2D eigenvalue weighted by Gasteiger charge is 2.07. The topological polar surface area (TPSA) is 76.7 Å². The molecule has 0 fully saturated rings. The number of aromatic amines is 1. The predicted octanol–water partition coefficient (Wildman–Crippen LogP) is 1.36. The number of fused-ring (bicyclic) bond motifs is 1. The number of nitrogens with zero attached hydrogens (tertiary/aromatic N) is 2. The zero-order chi connectivity index (χ0) is 12.5. The van der Waals surface area contributed by atoms with E-state index in [9.17, 15) is 4.79 Å². The fraction of sp³-hybridized carbons (Fsp3) is 0.0769. The molecule has 0 unspecified atom stereocenters. The molecule has 0 aliphatic carbocycles. The second kappa shape index (κ2) is 4.03. The summed E-state index contributed by atoms with van der Waals surface area (Å²) >= 11 is 0. The normalized spacial score (nSPS) is 10.9. The van der Waals surface area contributed by atoms with E-state index in [1.54, 1.807) is 10.9 Å². The van der Waals surface area contributed by atoms with Gasteiger partial charge in [-0.05, 0) is 5.56 Å². The number of H-pyrrole nitrogens is 1. The lowest BCUT2D eigenvalue weighted by atomic mass is 10.2. The third-order valence-electron chi connectivity index (χ3n) is 2.83. The molecule has 0 aliphatic heterocycles. The molecule has 3 rings (SSSR count). The third kappa shape index (κ3) is 1.75. The van der Waals surface area contributed by atoms with Crippen molar-refractivity contribution in [3.63, 3.8) is 0 Å². The molecule has 0 radical (unpaired) electrons. The van der Waals surface area contributed by atoms with Crippen LogP contribution < -0.4 is 11.2 Å². The molecule has 0 saturated carbocycles. The predicted molar refractivity (Wildman–Crippen MR) is 70.3 cm³/mol. The largest absolute Gasteiger partial charge is 0.385 e. The first-order valence-electron chi connectivity index (χ1n) is 5.62. The smallest absolute Gasteiger partial charge is 0.194 e. The Morgan fingerprint density at radius 3 is 2.83 bits per heavy atom. The van der Waals surface area contributed by atoms with E-state index >= 15 is 0 Å². The van der Waals surface area contributed by atoms with Gasteiger partial charge < -0.3 is 10.7 Å². The van der Waals surface area contributed by atoms with Gasteiger partial charge in [-0.25, -0.2) is 4.68 Å². The molecule has 0 spiro atoms. The minimum Gasteiger partial charge on any atom is -0.385 e. The van der Waals surface area contributed by atoms with E-state index in [0.29, 0.717) is 23.4 Å². The highest BCUT2D eigenvalue weighted by molar-refractivity contribution is 5.76. The quantitative estimate of drug-likeness (QED) is 0.710. The summed E-state index contributed by atoms with van der Waals surface area (Å²) in [6.07, 6.45) is 1.57. The molecule has 5 heteroatoms. The lowest BCUT2D eigenvalue weighted by Gasteiger charge is -2.04. The molecule has 3 N–H and O–H groups in total. The minimum absolute atomic E-state index is 0.111. The first-order chi connectivity index (χ1) is 8.74. The first kappa shape index (κ1) is 10.6. The number of rotatable bonds is 2. The van der Waals surface area contributed by atoms with Crippen LogP contribution in [0.3, 0.4) is 0 Å². The van der Waals surface area contributed by atoms with Crippen LogP contribution in [0.1, 0.15) is 5.56 Å². The van der Waals surface area contributed by atoms with Crippen LogP contribution in [0.2, 0.25) is 0 Å². The summed E-state index contributed by atoms with van der Waals surface area (Å²) < 4.78 is 1.74. The molecule has 2 heterocycles. The number of pyridine rings is 1. The second-order valence-electron chi connectivity index (χ2n) is 4.14. The zero-order valence-corrected chi connectivity index (χ0v) is 9.63. The average molecular weight is 240 g/mol. The van der Waals surface area contributed by atoms with E-state index in [-0.39, 0.29) is 5.43 Å². The highest BCUT2D eigenvalue weighted by atomic mass is 16.1. The van der Waals surface area contributed by atoms with Crippen molar-refractivity contribution >= 4 is 16.9 Å². The first-order valence-corrected chi connectivity index (χ1v) is 5.62. The monoisotopic (exact) mass is 240 g/mol. The summed E-state index contributed by atoms with van der Waals surface area (Å²) in [7, 11) is 0. The van der Waals surface area contributed by atoms with Crippen LogP contribution >= 0.6 is 0 Å². The lowest BCUT2D eigenvalue weighted by Crippen LogP contribution is -2.07. The molecule has 0 amide bonds. The van der Waals surface area contributed by atoms with E-state index < -0.39 is 0 Å². The molecule has 1 aromatic carbocycles. The number of hydrogen-bond donors (Lipinski definition) is 2. The number of benzene rings is 1. The van der Waals surface area contributed by atoms with Crippen LogP contribution in [0, 0.1) is 0 Å². The average Bonchev–Trinajstić information content (AvgIpc) is 2.74. The number of nitrogens with one attached hydrogen (secondary N) is 1. The second-order valence-corrected chi connectivity index (χ2v) is 4.14. The van der Waals surface area contributed by atoms with E-state index in [1.165, 1.54) is 6.07 Å². The van der Waals surface area contributed by atoms with Gasteiger partial charge in [0.15, 0.2) is 5.43 Å². The number of hydrogen-bond acceptors (Lipinski definition) is 3. The molecule has 0 bridgehead atoms. The standard InChI is InChI=1S/C13H12N4O/c14-12-6-11(18)10-7-15-17(13(10)16-12)8-9-4-2-1-3-5-9/h1-7H,8H2,(H3,14,16,18). The van der Waals surface area contributed by atoms with Crippen molar-refractivity contribution in [1.82, 2.24) is 14.8 Å². The Balaban J connectivity index is 2.11. The Bertz CT molecular complexity index is 743. The molecule has 18 heavy (non-hydrogen) atoms. The summed E-state index contributed by atoms with van der Waals surface area (Å²) in [6.45, 7) is 0.601. The number of nitrogens with two attached hydrogens (primary N) is 1. The third-order valence-corrected chi connectivity index (χ3v) is 2.83. The Morgan fingerprint density at radius 1 is 1.28 bits per heavy atom. The molecular weight excluding hydrogens is 228 g/mol. The Labute approximate surface area is 103 Å². The van der Waals surface area contributed by atoms with Crippen LogP contribution in [0.4, 0.5) is 5.82 Å². The fourth-order valence-corrected chi connectivity index (χ4v) is 1.97. The molecule has 0 aliphatic rings. The van der Waals surface area contributed by atoms with Gasteiger partial charge in [0.1, 0.15) is 11.5 Å². The van der Waals surface area contributed by atoms with Crippen molar-refractivity contribution in [3.8, 4) is 0 Å². The van der Waals surface area contributed by atoms with Crippen molar-refractivity contribution in [2.24, 2.45) is 0 Å². The van der Waals surface area contributed by atoms with Gasteiger partial charge in [0.25, 0.3) is 0 Å². The zero-order valence-electron chi connectivity index (χ0n) is 9.63. The summed E-state index contributed by atoms with van der Waals surface area (Å²) in [5, 5.41) is 4.78. The molecule has 0 saturated heterocycles. The van der Waals surface area contributed by atoms with Crippen LogP contribution in [0.5, 0.6) is 0 Å². The Morgan fingerprint density at radius 2 is 2.06 bits per heavy atom. The molecular formula is C13H12N4O. The summed E-state index contributed by atoms with van der Waals surface area (Å²) in [4.78, 5) is 14.7. The van der Waals surface area contributed by atoms with Gasteiger partial charge in [-0.3, -0.25) is 4.79 Å². The molecule has 0 atom stereocenters. The van der Waals surface area contributed by atoms with Crippen molar-refractivity contribution in [3.05, 3.63) is 58.4 Å². The van der Waals surface area contributed by atoms with Gasteiger partial charge in [0.2, 0.25) is 0 Å². The Hall–Kier alpha value is -2.56. The summed E-state index contributed by atoms with van der Waals surface area (Å²) in [6, 6.07) is 11.3. The van der Waals surface area contributed by atoms with Crippen molar-refractivity contribution in [2.75, 3.05) is 5.73 Å². The van der Waals surface area contributed by atoms with Crippen molar-refractivity contribution in [1.29, 1.82) is 0 Å². The van der Waals surface area contributed by atoms with Crippen molar-refractivity contribution in [2.45, 2.75) is 6.54 Å². The van der Waals surface area contributed by atoms with E-state index in [1.807, 2.05) is 30.3 Å². The van der Waals surface area contributed by atoms with E-state index in [2.05, 4.69) is 10.1 Å².